The molecule has 22 heavy (non-hydrogen) atoms. The lowest BCUT2D eigenvalue weighted by Crippen LogP contribution is -2.18. The number of rotatable bonds is 5. The molecule has 0 saturated carbocycles. The molecule has 0 unspecified atom stereocenters. The molecule has 0 aliphatic rings. The molecular formula is C13H12N4O4S. The summed E-state index contributed by atoms with van der Waals surface area (Å²) in [6.07, 6.45) is 4.37. The number of hydrazone groups is 1. The molecule has 1 heterocycles. The second kappa shape index (κ2) is 6.31. The first kappa shape index (κ1) is 15.6. The van der Waals surface area contributed by atoms with Crippen molar-refractivity contribution in [3.8, 4) is 0 Å². The van der Waals surface area contributed by atoms with Gasteiger partial charge in [0.2, 0.25) is 0 Å². The summed E-state index contributed by atoms with van der Waals surface area (Å²) in [5.74, 6) is 0. The average Bonchev–Trinajstić information content (AvgIpc) is 2.48. The third kappa shape index (κ3) is 3.64. The summed E-state index contributed by atoms with van der Waals surface area (Å²) in [6, 6.07) is 7.03. The minimum atomic E-state index is -3.98. The number of aromatic nitrogens is 1. The second-order valence-corrected chi connectivity index (χ2v) is 6.01. The molecule has 0 radical (unpaired) electrons. The summed E-state index contributed by atoms with van der Waals surface area (Å²) < 4.78 is 24.1. The highest BCUT2D eigenvalue weighted by atomic mass is 32.2. The topological polar surface area (TPSA) is 115 Å². The van der Waals surface area contributed by atoms with Crippen LogP contribution in [-0.2, 0) is 10.0 Å². The number of hydrogen-bond donors (Lipinski definition) is 1. The van der Waals surface area contributed by atoms with Crippen molar-refractivity contribution in [1.82, 2.24) is 9.82 Å². The number of sulfonamides is 1. The van der Waals surface area contributed by atoms with Crippen LogP contribution in [0.2, 0.25) is 0 Å². The van der Waals surface area contributed by atoms with Crippen LogP contribution in [0.4, 0.5) is 5.69 Å². The Hall–Kier alpha value is -2.81. The zero-order valence-corrected chi connectivity index (χ0v) is 12.3. The summed E-state index contributed by atoms with van der Waals surface area (Å²) in [7, 11) is -3.98. The molecule has 2 rings (SSSR count). The molecule has 1 aromatic heterocycles. The van der Waals surface area contributed by atoms with E-state index in [0.717, 1.165) is 6.07 Å². The SMILES string of the molecule is Cc1ccc(S(=O)(=O)NN=Cc2cccnc2)cc1[N+](=O)[O-]. The second-order valence-electron chi connectivity index (χ2n) is 4.34. The first-order valence-electron chi connectivity index (χ1n) is 6.10. The number of nitro groups is 1. The molecule has 0 bridgehead atoms. The van der Waals surface area contributed by atoms with E-state index in [1.165, 1.54) is 31.5 Å². The molecular weight excluding hydrogens is 308 g/mol. The molecule has 0 atom stereocenters. The maximum Gasteiger partial charge on any atom is 0.276 e. The largest absolute Gasteiger partial charge is 0.276 e. The Balaban J connectivity index is 2.22. The predicted octanol–water partition coefficient (Wildman–Crippen LogP) is 1.61. The van der Waals surface area contributed by atoms with Gasteiger partial charge >= 0.3 is 0 Å². The van der Waals surface area contributed by atoms with Crippen molar-refractivity contribution in [3.63, 3.8) is 0 Å². The third-order valence-electron chi connectivity index (χ3n) is 2.76. The van der Waals surface area contributed by atoms with Crippen molar-refractivity contribution in [3.05, 3.63) is 64.0 Å². The molecule has 0 aliphatic carbocycles. The molecule has 9 heteroatoms. The number of pyridine rings is 1. The third-order valence-corrected chi connectivity index (χ3v) is 3.98. The van der Waals surface area contributed by atoms with Gasteiger partial charge in [-0.25, -0.2) is 4.83 Å². The molecule has 114 valence electrons. The van der Waals surface area contributed by atoms with Gasteiger partial charge in [0.25, 0.3) is 15.7 Å². The van der Waals surface area contributed by atoms with E-state index in [-0.39, 0.29) is 10.6 Å². The van der Waals surface area contributed by atoms with Crippen LogP contribution in [0.1, 0.15) is 11.1 Å². The summed E-state index contributed by atoms with van der Waals surface area (Å²) in [6.45, 7) is 1.53. The zero-order valence-electron chi connectivity index (χ0n) is 11.5. The lowest BCUT2D eigenvalue weighted by Gasteiger charge is -2.04. The van der Waals surface area contributed by atoms with Gasteiger partial charge in [-0.3, -0.25) is 15.1 Å². The smallest absolute Gasteiger partial charge is 0.264 e. The fourth-order valence-electron chi connectivity index (χ4n) is 1.63. The van der Waals surface area contributed by atoms with E-state index in [1.807, 2.05) is 4.83 Å². The van der Waals surface area contributed by atoms with Gasteiger partial charge in [0.05, 0.1) is 16.0 Å². The van der Waals surface area contributed by atoms with E-state index in [4.69, 9.17) is 0 Å². The van der Waals surface area contributed by atoms with Crippen LogP contribution in [0.25, 0.3) is 0 Å². The van der Waals surface area contributed by atoms with Crippen molar-refractivity contribution in [2.75, 3.05) is 0 Å². The maximum atomic E-state index is 12.0. The van der Waals surface area contributed by atoms with Crippen molar-refractivity contribution >= 4 is 21.9 Å². The van der Waals surface area contributed by atoms with E-state index in [2.05, 4.69) is 10.1 Å². The van der Waals surface area contributed by atoms with E-state index in [1.54, 1.807) is 18.3 Å². The van der Waals surface area contributed by atoms with Crippen LogP contribution in [0, 0.1) is 17.0 Å². The van der Waals surface area contributed by atoms with Gasteiger partial charge in [0.15, 0.2) is 0 Å². The van der Waals surface area contributed by atoms with Gasteiger partial charge < -0.3 is 0 Å². The van der Waals surface area contributed by atoms with Gasteiger partial charge in [-0.05, 0) is 19.1 Å². The number of hydrogen-bond acceptors (Lipinski definition) is 6. The lowest BCUT2D eigenvalue weighted by atomic mass is 10.2. The van der Waals surface area contributed by atoms with Gasteiger partial charge in [-0.15, -0.1) is 0 Å². The summed E-state index contributed by atoms with van der Waals surface area (Å²) in [5.41, 5.74) is 0.724. The number of nitrogens with one attached hydrogen (secondary N) is 1. The Labute approximate surface area is 126 Å². The van der Waals surface area contributed by atoms with E-state index in [0.29, 0.717) is 11.1 Å². The molecule has 1 N–H and O–H groups in total. The number of aryl methyl sites for hydroxylation is 1. The van der Waals surface area contributed by atoms with Crippen LogP contribution < -0.4 is 4.83 Å². The highest BCUT2D eigenvalue weighted by molar-refractivity contribution is 7.89. The molecule has 0 saturated heterocycles. The molecule has 0 aliphatic heterocycles. The van der Waals surface area contributed by atoms with E-state index >= 15 is 0 Å². The quantitative estimate of drug-likeness (QED) is 0.510. The van der Waals surface area contributed by atoms with Crippen LogP contribution in [-0.4, -0.2) is 24.5 Å². The van der Waals surface area contributed by atoms with Crippen molar-refractivity contribution in [1.29, 1.82) is 0 Å². The predicted molar refractivity (Wildman–Crippen MR) is 80.0 cm³/mol. The normalized spacial score (nSPS) is 11.5. The fraction of sp³-hybridized carbons (Fsp3) is 0.0769. The van der Waals surface area contributed by atoms with Crippen LogP contribution in [0.15, 0.2) is 52.7 Å². The van der Waals surface area contributed by atoms with Crippen molar-refractivity contribution < 1.29 is 13.3 Å². The fourth-order valence-corrected chi connectivity index (χ4v) is 2.44. The molecule has 0 amide bonds. The molecule has 1 aromatic carbocycles. The molecule has 2 aromatic rings. The van der Waals surface area contributed by atoms with E-state index in [9.17, 15) is 18.5 Å². The number of nitro benzene ring substituents is 1. The maximum absolute atomic E-state index is 12.0. The standard InChI is InChI=1S/C13H12N4O4S/c1-10-4-5-12(7-13(10)17(18)19)22(20,21)16-15-9-11-3-2-6-14-8-11/h2-9,16H,1H3. The Bertz CT molecular complexity index is 819. The summed E-state index contributed by atoms with van der Waals surface area (Å²) >= 11 is 0. The first-order chi connectivity index (χ1) is 10.4. The Kier molecular flexibility index (Phi) is 4.47. The average molecular weight is 320 g/mol. The minimum absolute atomic E-state index is 0.229. The number of nitrogens with zero attached hydrogens (tertiary/aromatic N) is 3. The highest BCUT2D eigenvalue weighted by Gasteiger charge is 2.19. The Morgan fingerprint density at radius 1 is 1.36 bits per heavy atom. The summed E-state index contributed by atoms with van der Waals surface area (Å²) in [5, 5.41) is 14.5. The lowest BCUT2D eigenvalue weighted by molar-refractivity contribution is -0.385. The van der Waals surface area contributed by atoms with E-state index < -0.39 is 14.9 Å². The first-order valence-corrected chi connectivity index (χ1v) is 7.58. The van der Waals surface area contributed by atoms with Gasteiger partial charge in [0.1, 0.15) is 0 Å². The monoisotopic (exact) mass is 320 g/mol. The highest BCUT2D eigenvalue weighted by Crippen LogP contribution is 2.21. The van der Waals surface area contributed by atoms with Gasteiger partial charge in [0, 0.05) is 29.6 Å². The molecule has 0 fully saturated rings. The Morgan fingerprint density at radius 2 is 2.14 bits per heavy atom. The van der Waals surface area contributed by atoms with Crippen LogP contribution in [0.5, 0.6) is 0 Å². The number of benzene rings is 1. The Morgan fingerprint density at radius 3 is 2.77 bits per heavy atom. The van der Waals surface area contributed by atoms with Crippen molar-refractivity contribution in [2.45, 2.75) is 11.8 Å². The minimum Gasteiger partial charge on any atom is -0.264 e. The van der Waals surface area contributed by atoms with Crippen LogP contribution >= 0.6 is 0 Å². The zero-order chi connectivity index (χ0) is 16.2. The summed E-state index contributed by atoms with van der Waals surface area (Å²) in [4.78, 5) is 15.8. The van der Waals surface area contributed by atoms with Crippen LogP contribution in [0.3, 0.4) is 0 Å². The molecule has 8 nitrogen and oxygen atoms in total. The van der Waals surface area contributed by atoms with Gasteiger partial charge in [-0.2, -0.15) is 13.5 Å². The van der Waals surface area contributed by atoms with Gasteiger partial charge in [-0.1, -0.05) is 12.1 Å². The van der Waals surface area contributed by atoms with Crippen molar-refractivity contribution in [2.24, 2.45) is 5.10 Å². The molecule has 0 spiro atoms.